The Morgan fingerprint density at radius 3 is 2.36 bits per heavy atom. The van der Waals surface area contributed by atoms with Crippen molar-refractivity contribution in [2.75, 3.05) is 20.3 Å². The number of nitrogens with two attached hydrogens (primary N) is 1. The molecule has 0 fully saturated rings. The van der Waals surface area contributed by atoms with E-state index in [1.165, 1.54) is 12.7 Å². The highest BCUT2D eigenvalue weighted by Crippen LogP contribution is 2.36. The van der Waals surface area contributed by atoms with Crippen LogP contribution in [-0.4, -0.2) is 25.3 Å². The molecule has 0 saturated carbocycles. The van der Waals surface area contributed by atoms with Gasteiger partial charge in [-0.1, -0.05) is 29.9 Å². The average Bonchev–Trinajstić information content (AvgIpc) is 2.56. The van der Waals surface area contributed by atoms with Gasteiger partial charge in [0.2, 0.25) is 0 Å². The van der Waals surface area contributed by atoms with Gasteiger partial charge in [-0.15, -0.1) is 0 Å². The number of aryl methyl sites for hydroxylation is 2. The van der Waals surface area contributed by atoms with Gasteiger partial charge < -0.3 is 19.9 Å². The summed E-state index contributed by atoms with van der Waals surface area (Å²) in [5.74, 6) is 1.80. The van der Waals surface area contributed by atoms with Gasteiger partial charge in [0.1, 0.15) is 24.0 Å². The molecule has 0 aliphatic carbocycles. The Kier molecular flexibility index (Phi) is 6.51. The fourth-order valence-corrected chi connectivity index (χ4v) is 2.83. The van der Waals surface area contributed by atoms with E-state index < -0.39 is 0 Å². The molecule has 0 atom stereocenters. The lowest BCUT2D eigenvalue weighted by molar-refractivity contribution is 0.210. The topological polar surface area (TPSA) is 53.7 Å². The summed E-state index contributed by atoms with van der Waals surface area (Å²) in [6.07, 6.45) is 0. The quantitative estimate of drug-likeness (QED) is 0.572. The van der Waals surface area contributed by atoms with E-state index in [2.05, 4.69) is 13.0 Å². The predicted octanol–water partition coefficient (Wildman–Crippen LogP) is 4.37. The fraction of sp³-hybridized carbons (Fsp3) is 0.316. The first-order valence-electron chi connectivity index (χ1n) is 7.84. The Hall–Kier alpha value is -1.98. The van der Waals surface area contributed by atoms with Crippen molar-refractivity contribution in [2.45, 2.75) is 20.8 Å². The van der Waals surface area contributed by atoms with E-state index in [0.29, 0.717) is 35.3 Å². The molecule has 0 aromatic heterocycles. The molecule has 0 spiro atoms. The van der Waals surface area contributed by atoms with E-state index in [-0.39, 0.29) is 4.99 Å². The Bertz CT molecular complexity index is 793. The zero-order valence-corrected chi connectivity index (χ0v) is 16.4. The van der Waals surface area contributed by atoms with Gasteiger partial charge in [0.25, 0.3) is 0 Å². The monoisotopic (exact) mass is 379 g/mol. The molecular formula is C19H22ClNO3S. The van der Waals surface area contributed by atoms with Crippen molar-refractivity contribution in [3.63, 3.8) is 0 Å². The second-order valence-electron chi connectivity index (χ2n) is 5.76. The van der Waals surface area contributed by atoms with Gasteiger partial charge in [-0.05, 0) is 55.7 Å². The number of thiocarbonyl (C=S) groups is 1. The van der Waals surface area contributed by atoms with Crippen LogP contribution in [-0.2, 0) is 0 Å². The molecule has 134 valence electrons. The number of ether oxygens (including phenoxy) is 3. The van der Waals surface area contributed by atoms with Crippen LogP contribution in [0.1, 0.15) is 22.3 Å². The molecule has 0 aliphatic heterocycles. The van der Waals surface area contributed by atoms with E-state index in [1.54, 1.807) is 12.1 Å². The second-order valence-corrected chi connectivity index (χ2v) is 6.60. The third kappa shape index (κ3) is 4.77. The van der Waals surface area contributed by atoms with Crippen LogP contribution in [0.2, 0.25) is 5.02 Å². The van der Waals surface area contributed by atoms with Gasteiger partial charge in [0, 0.05) is 5.56 Å². The summed E-state index contributed by atoms with van der Waals surface area (Å²) in [4.78, 5) is 0.250. The highest BCUT2D eigenvalue weighted by molar-refractivity contribution is 7.80. The molecule has 2 rings (SSSR count). The van der Waals surface area contributed by atoms with Crippen LogP contribution in [0.25, 0.3) is 0 Å². The van der Waals surface area contributed by atoms with Crippen LogP contribution in [0.4, 0.5) is 0 Å². The lowest BCUT2D eigenvalue weighted by Crippen LogP contribution is -2.12. The first kappa shape index (κ1) is 19.3. The molecule has 2 aromatic rings. The highest BCUT2D eigenvalue weighted by atomic mass is 35.5. The third-order valence-electron chi connectivity index (χ3n) is 3.87. The second kappa shape index (κ2) is 8.41. The maximum absolute atomic E-state index is 6.26. The third-order valence-corrected chi connectivity index (χ3v) is 4.38. The molecule has 0 radical (unpaired) electrons. The molecule has 4 nitrogen and oxygen atoms in total. The summed E-state index contributed by atoms with van der Waals surface area (Å²) in [6.45, 7) is 6.87. The largest absolute Gasteiger partial charge is 0.493 e. The van der Waals surface area contributed by atoms with Crippen LogP contribution in [0, 0.1) is 20.8 Å². The minimum atomic E-state index is 0.250. The lowest BCUT2D eigenvalue weighted by Gasteiger charge is -2.15. The zero-order chi connectivity index (χ0) is 18.6. The van der Waals surface area contributed by atoms with E-state index in [4.69, 9.17) is 43.8 Å². The van der Waals surface area contributed by atoms with Crippen LogP contribution in [0.5, 0.6) is 17.2 Å². The molecule has 0 unspecified atom stereocenters. The SMILES string of the molecule is COc1cc(C(N)=S)cc(Cl)c1OCCOc1cc(C)cc(C)c1C. The molecule has 0 bridgehead atoms. The van der Waals surface area contributed by atoms with Gasteiger partial charge in [-0.25, -0.2) is 0 Å². The van der Waals surface area contributed by atoms with Crippen LogP contribution >= 0.6 is 23.8 Å². The molecule has 25 heavy (non-hydrogen) atoms. The standard InChI is InChI=1S/C19H22ClNO3S/c1-11-7-12(2)13(3)16(8-11)23-5-6-24-18-15(20)9-14(19(21)25)10-17(18)22-4/h7-10H,5-6H2,1-4H3,(H2,21,25). The average molecular weight is 380 g/mol. The first-order chi connectivity index (χ1) is 11.8. The van der Waals surface area contributed by atoms with E-state index in [9.17, 15) is 0 Å². The Labute approximate surface area is 158 Å². The van der Waals surface area contributed by atoms with Crippen molar-refractivity contribution in [2.24, 2.45) is 5.73 Å². The number of hydrogen-bond donors (Lipinski definition) is 1. The Morgan fingerprint density at radius 2 is 1.72 bits per heavy atom. The molecule has 0 heterocycles. The van der Waals surface area contributed by atoms with Crippen molar-refractivity contribution >= 4 is 28.8 Å². The van der Waals surface area contributed by atoms with Crippen LogP contribution in [0.3, 0.4) is 0 Å². The summed E-state index contributed by atoms with van der Waals surface area (Å²) >= 11 is 11.2. The molecule has 2 aromatic carbocycles. The number of methoxy groups -OCH3 is 1. The lowest BCUT2D eigenvalue weighted by atomic mass is 10.1. The number of halogens is 1. The number of benzene rings is 2. The van der Waals surface area contributed by atoms with Crippen molar-refractivity contribution in [1.29, 1.82) is 0 Å². The van der Waals surface area contributed by atoms with E-state index in [0.717, 1.165) is 16.9 Å². The summed E-state index contributed by atoms with van der Waals surface area (Å²) in [5.41, 5.74) is 9.76. The molecule has 6 heteroatoms. The summed E-state index contributed by atoms with van der Waals surface area (Å²) in [6, 6.07) is 7.52. The molecule has 0 saturated heterocycles. The normalized spacial score (nSPS) is 10.4. The first-order valence-corrected chi connectivity index (χ1v) is 8.63. The van der Waals surface area contributed by atoms with Crippen LogP contribution in [0.15, 0.2) is 24.3 Å². The van der Waals surface area contributed by atoms with Crippen molar-refractivity contribution in [3.8, 4) is 17.2 Å². The van der Waals surface area contributed by atoms with Gasteiger partial charge in [-0.3, -0.25) is 0 Å². The minimum Gasteiger partial charge on any atom is -0.493 e. The maximum Gasteiger partial charge on any atom is 0.179 e. The van der Waals surface area contributed by atoms with Crippen molar-refractivity contribution < 1.29 is 14.2 Å². The van der Waals surface area contributed by atoms with Crippen molar-refractivity contribution in [1.82, 2.24) is 0 Å². The summed E-state index contributed by atoms with van der Waals surface area (Å²) in [5, 5.41) is 0.393. The van der Waals surface area contributed by atoms with Gasteiger partial charge in [-0.2, -0.15) is 0 Å². The van der Waals surface area contributed by atoms with E-state index in [1.807, 2.05) is 19.9 Å². The molecule has 2 N–H and O–H groups in total. The smallest absolute Gasteiger partial charge is 0.179 e. The minimum absolute atomic E-state index is 0.250. The molecule has 0 amide bonds. The highest BCUT2D eigenvalue weighted by Gasteiger charge is 2.13. The number of rotatable bonds is 7. The summed E-state index contributed by atoms with van der Waals surface area (Å²) in [7, 11) is 1.54. The van der Waals surface area contributed by atoms with Gasteiger partial charge in [0.05, 0.1) is 12.1 Å². The van der Waals surface area contributed by atoms with Crippen LogP contribution < -0.4 is 19.9 Å². The zero-order valence-electron chi connectivity index (χ0n) is 14.8. The van der Waals surface area contributed by atoms with Gasteiger partial charge >= 0.3 is 0 Å². The Balaban J connectivity index is 2.04. The summed E-state index contributed by atoms with van der Waals surface area (Å²) < 4.78 is 16.9. The number of hydrogen-bond acceptors (Lipinski definition) is 4. The van der Waals surface area contributed by atoms with Gasteiger partial charge in [0.15, 0.2) is 11.5 Å². The molecular weight excluding hydrogens is 358 g/mol. The fourth-order valence-electron chi connectivity index (χ4n) is 2.45. The molecule has 0 aliphatic rings. The Morgan fingerprint density at radius 1 is 1.04 bits per heavy atom. The predicted molar refractivity (Wildman–Crippen MR) is 106 cm³/mol. The van der Waals surface area contributed by atoms with Crippen molar-refractivity contribution in [3.05, 3.63) is 51.5 Å². The maximum atomic E-state index is 6.26. The van der Waals surface area contributed by atoms with E-state index >= 15 is 0 Å².